The Balaban J connectivity index is 0.000000175. The van der Waals surface area contributed by atoms with Crippen molar-refractivity contribution in [3.05, 3.63) is 0 Å². The molecule has 6 N–H and O–H groups in total. The lowest BCUT2D eigenvalue weighted by Gasteiger charge is -1.93. The molecule has 1 aromatic heterocycles. The van der Waals surface area contributed by atoms with Gasteiger partial charge in [0.1, 0.15) is 0 Å². The van der Waals surface area contributed by atoms with Crippen LogP contribution in [0.1, 0.15) is 6.92 Å². The smallest absolute Gasteiger partial charge is 0.226 e. The van der Waals surface area contributed by atoms with E-state index in [9.17, 15) is 0 Å². The molecule has 1 fully saturated rings. The van der Waals surface area contributed by atoms with Crippen LogP contribution in [-0.4, -0.2) is 27.7 Å². The van der Waals surface area contributed by atoms with Gasteiger partial charge in [0.15, 0.2) is 0 Å². The van der Waals surface area contributed by atoms with Crippen molar-refractivity contribution >= 4 is 17.8 Å². The van der Waals surface area contributed by atoms with Gasteiger partial charge in [-0.15, -0.1) is 0 Å². The second-order valence-electron chi connectivity index (χ2n) is 2.55. The highest BCUT2D eigenvalue weighted by atomic mass is 16.6. The zero-order chi connectivity index (χ0) is 9.84. The first-order valence-corrected chi connectivity index (χ1v) is 3.72. The molecule has 0 aliphatic carbocycles. The van der Waals surface area contributed by atoms with Crippen LogP contribution in [0.15, 0.2) is 0 Å². The fourth-order valence-electron chi connectivity index (χ4n) is 0.523. The summed E-state index contributed by atoms with van der Waals surface area (Å²) >= 11 is 0. The van der Waals surface area contributed by atoms with Crippen molar-refractivity contribution < 1.29 is 4.74 Å². The third kappa shape index (κ3) is 4.06. The summed E-state index contributed by atoms with van der Waals surface area (Å²) in [5.74, 6) is 0.125. The zero-order valence-electron chi connectivity index (χ0n) is 7.27. The minimum atomic E-state index is 0.0417. The molecule has 13 heavy (non-hydrogen) atoms. The topological polar surface area (TPSA) is 129 Å². The van der Waals surface area contributed by atoms with Gasteiger partial charge < -0.3 is 21.9 Å². The number of epoxide rings is 1. The van der Waals surface area contributed by atoms with E-state index in [1.165, 1.54) is 0 Å². The average molecular weight is 184 g/mol. The largest absolute Gasteiger partial charge is 0.373 e. The van der Waals surface area contributed by atoms with E-state index >= 15 is 0 Å². The molecule has 2 rings (SSSR count). The van der Waals surface area contributed by atoms with Crippen LogP contribution in [0.5, 0.6) is 0 Å². The number of nitrogen functional groups attached to an aromatic ring is 3. The maximum atomic E-state index is 5.14. The number of hydrogen-bond donors (Lipinski definition) is 3. The molecule has 0 aromatic carbocycles. The highest BCUT2D eigenvalue weighted by Crippen LogP contribution is 2.04. The minimum Gasteiger partial charge on any atom is -0.373 e. The van der Waals surface area contributed by atoms with Gasteiger partial charge in [-0.3, -0.25) is 0 Å². The molecule has 1 saturated heterocycles. The number of hydrogen-bond acceptors (Lipinski definition) is 7. The first-order chi connectivity index (χ1) is 6.08. The maximum Gasteiger partial charge on any atom is 0.226 e. The lowest BCUT2D eigenvalue weighted by Crippen LogP contribution is -2.05. The zero-order valence-corrected chi connectivity index (χ0v) is 7.27. The van der Waals surface area contributed by atoms with Gasteiger partial charge in [0.05, 0.1) is 12.7 Å². The van der Waals surface area contributed by atoms with Crippen molar-refractivity contribution in [1.82, 2.24) is 15.0 Å². The molecule has 7 heteroatoms. The van der Waals surface area contributed by atoms with E-state index in [-0.39, 0.29) is 17.8 Å². The summed E-state index contributed by atoms with van der Waals surface area (Å²) in [4.78, 5) is 10.5. The van der Waals surface area contributed by atoms with Crippen LogP contribution in [0, 0.1) is 0 Å². The minimum absolute atomic E-state index is 0.0417. The summed E-state index contributed by atoms with van der Waals surface area (Å²) in [5.41, 5.74) is 15.4. The number of nitrogens with zero attached hydrogens (tertiary/aromatic N) is 3. The maximum absolute atomic E-state index is 5.14. The van der Waals surface area contributed by atoms with E-state index in [0.29, 0.717) is 6.10 Å². The van der Waals surface area contributed by atoms with Crippen molar-refractivity contribution in [3.8, 4) is 0 Å². The molecule has 1 aliphatic rings. The Morgan fingerprint density at radius 2 is 1.31 bits per heavy atom. The van der Waals surface area contributed by atoms with Crippen LogP contribution in [0.3, 0.4) is 0 Å². The first-order valence-electron chi connectivity index (χ1n) is 3.72. The molecule has 0 radical (unpaired) electrons. The average Bonchev–Trinajstić information content (AvgIpc) is 2.69. The van der Waals surface area contributed by atoms with Crippen LogP contribution >= 0.6 is 0 Å². The molecule has 0 amide bonds. The molecule has 0 spiro atoms. The van der Waals surface area contributed by atoms with Crippen LogP contribution in [0.2, 0.25) is 0 Å². The summed E-state index contributed by atoms with van der Waals surface area (Å²) in [5, 5.41) is 0. The Labute approximate surface area is 75.3 Å². The summed E-state index contributed by atoms with van der Waals surface area (Å²) in [7, 11) is 0. The van der Waals surface area contributed by atoms with E-state index in [4.69, 9.17) is 21.9 Å². The van der Waals surface area contributed by atoms with Gasteiger partial charge in [-0.1, -0.05) is 0 Å². The van der Waals surface area contributed by atoms with Crippen LogP contribution in [0.25, 0.3) is 0 Å². The number of ether oxygens (including phenoxy) is 1. The van der Waals surface area contributed by atoms with Crippen molar-refractivity contribution in [2.75, 3.05) is 23.8 Å². The summed E-state index contributed by atoms with van der Waals surface area (Å²) in [6.45, 7) is 3.04. The summed E-state index contributed by atoms with van der Waals surface area (Å²) in [6.07, 6.45) is 0.583. The highest BCUT2D eigenvalue weighted by Gasteiger charge is 2.13. The molecule has 1 atom stereocenters. The normalized spacial score (nSPS) is 18.7. The molecule has 1 aromatic rings. The van der Waals surface area contributed by atoms with Gasteiger partial charge in [0, 0.05) is 0 Å². The monoisotopic (exact) mass is 184 g/mol. The Morgan fingerprint density at radius 3 is 1.46 bits per heavy atom. The van der Waals surface area contributed by atoms with Crippen molar-refractivity contribution in [1.29, 1.82) is 0 Å². The third-order valence-electron chi connectivity index (χ3n) is 1.19. The molecule has 1 unspecified atom stereocenters. The van der Waals surface area contributed by atoms with Gasteiger partial charge >= 0.3 is 0 Å². The Bertz CT molecular complexity index is 236. The molecular formula is C6H12N6O. The van der Waals surface area contributed by atoms with Crippen LogP contribution in [0.4, 0.5) is 17.8 Å². The second-order valence-corrected chi connectivity index (χ2v) is 2.55. The van der Waals surface area contributed by atoms with Gasteiger partial charge in [0.25, 0.3) is 0 Å². The number of nitrogens with two attached hydrogens (primary N) is 3. The van der Waals surface area contributed by atoms with E-state index in [0.717, 1.165) is 6.61 Å². The lowest BCUT2D eigenvalue weighted by molar-refractivity contribution is 0.423. The van der Waals surface area contributed by atoms with Gasteiger partial charge in [-0.05, 0) is 6.92 Å². The Morgan fingerprint density at radius 1 is 1.08 bits per heavy atom. The molecule has 1 aliphatic heterocycles. The standard InChI is InChI=1S/C3H6N6.C3H6O/c4-1-7-2(5)9-3(6)8-1;1-3-2-4-3/h(H6,4,5,6,7,8,9);3H,2H2,1H3. The highest BCUT2D eigenvalue weighted by molar-refractivity contribution is 5.33. The molecule has 0 bridgehead atoms. The van der Waals surface area contributed by atoms with E-state index < -0.39 is 0 Å². The SMILES string of the molecule is CC1CO1.Nc1nc(N)nc(N)n1. The third-order valence-corrected chi connectivity index (χ3v) is 1.19. The summed E-state index contributed by atoms with van der Waals surface area (Å²) in [6, 6.07) is 0. The van der Waals surface area contributed by atoms with Crippen molar-refractivity contribution in [2.24, 2.45) is 0 Å². The van der Waals surface area contributed by atoms with E-state index in [1.54, 1.807) is 0 Å². The Kier molecular flexibility index (Phi) is 2.80. The predicted octanol–water partition coefficient (Wildman–Crippen LogP) is -0.977. The fourth-order valence-corrected chi connectivity index (χ4v) is 0.523. The van der Waals surface area contributed by atoms with Crippen LogP contribution in [-0.2, 0) is 4.74 Å². The molecular weight excluding hydrogens is 172 g/mol. The quantitative estimate of drug-likeness (QED) is 0.442. The van der Waals surface area contributed by atoms with Crippen molar-refractivity contribution in [2.45, 2.75) is 13.0 Å². The van der Waals surface area contributed by atoms with E-state index in [1.807, 2.05) is 0 Å². The molecule has 7 nitrogen and oxygen atoms in total. The predicted molar refractivity (Wildman–Crippen MR) is 48.5 cm³/mol. The number of aromatic nitrogens is 3. The second kappa shape index (κ2) is 3.85. The van der Waals surface area contributed by atoms with Gasteiger partial charge in [-0.25, -0.2) is 0 Å². The molecule has 0 saturated carbocycles. The molecule has 2 heterocycles. The fraction of sp³-hybridized carbons (Fsp3) is 0.500. The first kappa shape index (κ1) is 9.46. The molecule has 72 valence electrons. The van der Waals surface area contributed by atoms with E-state index in [2.05, 4.69) is 21.9 Å². The summed E-state index contributed by atoms with van der Waals surface area (Å²) < 4.78 is 4.71. The number of rotatable bonds is 0. The van der Waals surface area contributed by atoms with Gasteiger partial charge in [0.2, 0.25) is 17.8 Å². The van der Waals surface area contributed by atoms with Gasteiger partial charge in [-0.2, -0.15) is 15.0 Å². The lowest BCUT2D eigenvalue weighted by atomic mass is 10.6. The Hall–Kier alpha value is -1.63. The van der Waals surface area contributed by atoms with Crippen LogP contribution < -0.4 is 17.2 Å². The number of anilines is 3. The van der Waals surface area contributed by atoms with Crippen molar-refractivity contribution in [3.63, 3.8) is 0 Å².